The Kier molecular flexibility index (Phi) is 5.69. The normalized spacial score (nSPS) is 14.3. The molecular formula is C19H19Cl2N3O2. The van der Waals surface area contributed by atoms with Crippen LogP contribution in [0.2, 0.25) is 10.0 Å². The summed E-state index contributed by atoms with van der Waals surface area (Å²) >= 11 is 12.5. The van der Waals surface area contributed by atoms with E-state index in [1.165, 1.54) is 0 Å². The van der Waals surface area contributed by atoms with Gasteiger partial charge in [0, 0.05) is 33.1 Å². The van der Waals surface area contributed by atoms with Crippen LogP contribution in [0.4, 0.5) is 11.4 Å². The number of benzene rings is 2. The molecule has 1 fully saturated rings. The minimum absolute atomic E-state index is 0.0658. The van der Waals surface area contributed by atoms with E-state index in [4.69, 9.17) is 23.2 Å². The fraction of sp³-hybridized carbons (Fsp3) is 0.263. The number of nitrogens with zero attached hydrogens (tertiary/aromatic N) is 2. The average molecular weight is 392 g/mol. The molecule has 1 heterocycles. The largest absolute Gasteiger partial charge is 0.365 e. The zero-order valence-electron chi connectivity index (χ0n) is 14.3. The first-order valence-corrected chi connectivity index (χ1v) is 9.08. The topological polar surface area (TPSA) is 52.7 Å². The molecule has 0 saturated carbocycles. The van der Waals surface area contributed by atoms with Gasteiger partial charge in [0.1, 0.15) is 0 Å². The third kappa shape index (κ3) is 3.94. The van der Waals surface area contributed by atoms with Gasteiger partial charge >= 0.3 is 0 Å². The van der Waals surface area contributed by atoms with Crippen LogP contribution in [0.25, 0.3) is 0 Å². The summed E-state index contributed by atoms with van der Waals surface area (Å²) in [4.78, 5) is 28.0. The molecule has 0 spiro atoms. The molecule has 0 bridgehead atoms. The summed E-state index contributed by atoms with van der Waals surface area (Å²) in [6.45, 7) is 4.12. The molecule has 2 aromatic carbocycles. The number of para-hydroxylation sites is 1. The van der Waals surface area contributed by atoms with E-state index in [-0.39, 0.29) is 11.8 Å². The van der Waals surface area contributed by atoms with Gasteiger partial charge in [0.15, 0.2) is 0 Å². The van der Waals surface area contributed by atoms with E-state index >= 15 is 0 Å². The SMILES string of the molecule is CC(=O)N1CCN(c2c(Cl)cccc2NC(=O)c2ccccc2Cl)CC1. The van der Waals surface area contributed by atoms with Gasteiger partial charge < -0.3 is 15.1 Å². The van der Waals surface area contributed by atoms with Crippen molar-refractivity contribution in [2.45, 2.75) is 6.92 Å². The molecule has 1 aliphatic heterocycles. The molecule has 0 unspecified atom stereocenters. The number of piperazine rings is 1. The minimum atomic E-state index is -0.290. The van der Waals surface area contributed by atoms with E-state index in [0.29, 0.717) is 47.5 Å². The zero-order valence-corrected chi connectivity index (χ0v) is 15.8. The van der Waals surface area contributed by atoms with Crippen molar-refractivity contribution in [3.05, 3.63) is 58.1 Å². The maximum Gasteiger partial charge on any atom is 0.257 e. The van der Waals surface area contributed by atoms with Crippen molar-refractivity contribution >= 4 is 46.4 Å². The smallest absolute Gasteiger partial charge is 0.257 e. The van der Waals surface area contributed by atoms with Gasteiger partial charge in [-0.15, -0.1) is 0 Å². The molecule has 7 heteroatoms. The maximum absolute atomic E-state index is 12.6. The molecule has 2 amide bonds. The predicted octanol–water partition coefficient (Wildman–Crippen LogP) is 3.91. The van der Waals surface area contributed by atoms with Crippen molar-refractivity contribution in [2.75, 3.05) is 36.4 Å². The molecule has 0 radical (unpaired) electrons. The Morgan fingerprint density at radius 1 is 0.923 bits per heavy atom. The third-order valence-electron chi connectivity index (χ3n) is 4.39. The average Bonchev–Trinajstić information content (AvgIpc) is 2.62. The maximum atomic E-state index is 12.6. The van der Waals surface area contributed by atoms with Gasteiger partial charge in [-0.25, -0.2) is 0 Å². The van der Waals surface area contributed by atoms with Crippen molar-refractivity contribution in [3.8, 4) is 0 Å². The van der Waals surface area contributed by atoms with E-state index in [9.17, 15) is 9.59 Å². The molecule has 2 aromatic rings. The van der Waals surface area contributed by atoms with E-state index in [1.807, 2.05) is 6.07 Å². The van der Waals surface area contributed by atoms with Crippen molar-refractivity contribution < 1.29 is 9.59 Å². The highest BCUT2D eigenvalue weighted by molar-refractivity contribution is 6.35. The molecule has 136 valence electrons. The minimum Gasteiger partial charge on any atom is -0.365 e. The third-order valence-corrected chi connectivity index (χ3v) is 5.03. The number of halogens is 2. The number of rotatable bonds is 3. The second-order valence-electron chi connectivity index (χ2n) is 6.06. The Morgan fingerprint density at radius 3 is 2.23 bits per heavy atom. The van der Waals surface area contributed by atoms with Crippen LogP contribution in [-0.4, -0.2) is 42.9 Å². The Morgan fingerprint density at radius 2 is 1.58 bits per heavy atom. The van der Waals surface area contributed by atoms with E-state index in [2.05, 4.69) is 10.2 Å². The van der Waals surface area contributed by atoms with Crippen molar-refractivity contribution in [3.63, 3.8) is 0 Å². The van der Waals surface area contributed by atoms with Crippen LogP contribution in [0, 0.1) is 0 Å². The molecule has 0 aromatic heterocycles. The molecule has 1 aliphatic rings. The van der Waals surface area contributed by atoms with Gasteiger partial charge in [-0.05, 0) is 24.3 Å². The van der Waals surface area contributed by atoms with Gasteiger partial charge in [-0.3, -0.25) is 9.59 Å². The first-order chi connectivity index (χ1) is 12.5. The van der Waals surface area contributed by atoms with Gasteiger partial charge in [0.05, 0.1) is 27.0 Å². The predicted molar refractivity (Wildman–Crippen MR) is 105 cm³/mol. The van der Waals surface area contributed by atoms with Crippen LogP contribution in [0.1, 0.15) is 17.3 Å². The molecule has 3 rings (SSSR count). The standard InChI is InChI=1S/C19H19Cl2N3O2/c1-13(25)23-9-11-24(12-10-23)18-16(21)7-4-8-17(18)22-19(26)14-5-2-3-6-15(14)20/h2-8H,9-12H2,1H3,(H,22,26). The van der Waals surface area contributed by atoms with Crippen molar-refractivity contribution in [1.82, 2.24) is 4.90 Å². The zero-order chi connectivity index (χ0) is 18.7. The quantitative estimate of drug-likeness (QED) is 0.862. The highest BCUT2D eigenvalue weighted by atomic mass is 35.5. The molecular weight excluding hydrogens is 373 g/mol. The lowest BCUT2D eigenvalue weighted by Gasteiger charge is -2.37. The molecule has 0 aliphatic carbocycles. The monoisotopic (exact) mass is 391 g/mol. The second-order valence-corrected chi connectivity index (χ2v) is 6.88. The Hall–Kier alpha value is -2.24. The number of carbonyl (C=O) groups is 2. The van der Waals surface area contributed by atoms with Gasteiger partial charge in [0.25, 0.3) is 5.91 Å². The molecule has 26 heavy (non-hydrogen) atoms. The summed E-state index contributed by atoms with van der Waals surface area (Å²) in [5.74, 6) is -0.224. The van der Waals surface area contributed by atoms with E-state index < -0.39 is 0 Å². The summed E-state index contributed by atoms with van der Waals surface area (Å²) in [5, 5.41) is 3.86. The van der Waals surface area contributed by atoms with Crippen LogP contribution < -0.4 is 10.2 Å². The number of anilines is 2. The van der Waals surface area contributed by atoms with Crippen molar-refractivity contribution in [2.24, 2.45) is 0 Å². The highest BCUT2D eigenvalue weighted by Gasteiger charge is 2.23. The van der Waals surface area contributed by atoms with Crippen LogP contribution >= 0.6 is 23.2 Å². The lowest BCUT2D eigenvalue weighted by Crippen LogP contribution is -2.48. The summed E-state index contributed by atoms with van der Waals surface area (Å²) in [7, 11) is 0. The fourth-order valence-electron chi connectivity index (χ4n) is 3.02. The lowest BCUT2D eigenvalue weighted by atomic mass is 10.1. The number of nitrogens with one attached hydrogen (secondary N) is 1. The summed E-state index contributed by atoms with van der Waals surface area (Å²) in [5.41, 5.74) is 1.79. The Balaban J connectivity index is 1.83. The first-order valence-electron chi connectivity index (χ1n) is 8.32. The molecule has 1 saturated heterocycles. The first kappa shape index (κ1) is 18.5. The fourth-order valence-corrected chi connectivity index (χ4v) is 3.53. The number of hydrogen-bond acceptors (Lipinski definition) is 3. The molecule has 0 atom stereocenters. The number of carbonyl (C=O) groups excluding carboxylic acids is 2. The van der Waals surface area contributed by atoms with Gasteiger partial charge in [-0.1, -0.05) is 41.4 Å². The summed E-state index contributed by atoms with van der Waals surface area (Å²) in [6, 6.07) is 12.3. The molecule has 5 nitrogen and oxygen atoms in total. The highest BCUT2D eigenvalue weighted by Crippen LogP contribution is 2.35. The lowest BCUT2D eigenvalue weighted by molar-refractivity contribution is -0.129. The Labute approximate surface area is 162 Å². The summed E-state index contributed by atoms with van der Waals surface area (Å²) < 4.78 is 0. The van der Waals surface area contributed by atoms with Crippen LogP contribution in [-0.2, 0) is 4.79 Å². The molecule has 1 N–H and O–H groups in total. The van der Waals surface area contributed by atoms with Crippen LogP contribution in [0.3, 0.4) is 0 Å². The van der Waals surface area contributed by atoms with Crippen LogP contribution in [0.5, 0.6) is 0 Å². The van der Waals surface area contributed by atoms with Gasteiger partial charge in [0.2, 0.25) is 5.91 Å². The second kappa shape index (κ2) is 7.98. The number of hydrogen-bond donors (Lipinski definition) is 1. The van der Waals surface area contributed by atoms with Gasteiger partial charge in [-0.2, -0.15) is 0 Å². The van der Waals surface area contributed by atoms with Crippen molar-refractivity contribution in [1.29, 1.82) is 0 Å². The van der Waals surface area contributed by atoms with E-state index in [1.54, 1.807) is 48.2 Å². The number of amides is 2. The summed E-state index contributed by atoms with van der Waals surface area (Å²) in [6.07, 6.45) is 0. The Bertz CT molecular complexity index is 833. The van der Waals surface area contributed by atoms with E-state index in [0.717, 1.165) is 5.69 Å². The van der Waals surface area contributed by atoms with Crippen LogP contribution in [0.15, 0.2) is 42.5 Å².